The highest BCUT2D eigenvalue weighted by atomic mass is 16.5. The van der Waals surface area contributed by atoms with Crippen molar-refractivity contribution >= 4 is 29.8 Å². The van der Waals surface area contributed by atoms with Crippen molar-refractivity contribution in [1.82, 2.24) is 10.2 Å². The number of hydrogen-bond donors (Lipinski definition) is 3. The van der Waals surface area contributed by atoms with Crippen LogP contribution in [0.1, 0.15) is 21.5 Å². The van der Waals surface area contributed by atoms with Crippen LogP contribution < -0.4 is 21.1 Å². The molecule has 37 heavy (non-hydrogen) atoms. The van der Waals surface area contributed by atoms with Crippen LogP contribution in [0.25, 0.3) is 5.70 Å². The molecular weight excluding hydrogens is 468 g/mol. The number of nitrogens with one attached hydrogen (secondary N) is 2. The topological polar surface area (TPSA) is 114 Å². The number of carbonyl (C=O) groups excluding carboxylic acids is 1. The summed E-state index contributed by atoms with van der Waals surface area (Å²) in [5.41, 5.74) is 9.46. The van der Waals surface area contributed by atoms with Crippen molar-refractivity contribution < 1.29 is 14.3 Å². The highest BCUT2D eigenvalue weighted by Crippen LogP contribution is 2.24. The Labute approximate surface area is 217 Å². The van der Waals surface area contributed by atoms with Crippen LogP contribution in [-0.4, -0.2) is 62.8 Å². The van der Waals surface area contributed by atoms with Crippen LogP contribution in [-0.2, 0) is 4.74 Å². The van der Waals surface area contributed by atoms with Gasteiger partial charge in [-0.2, -0.15) is 0 Å². The Kier molecular flexibility index (Phi) is 10.5. The van der Waals surface area contributed by atoms with Crippen molar-refractivity contribution in [3.63, 3.8) is 0 Å². The second kappa shape index (κ2) is 14.2. The van der Waals surface area contributed by atoms with E-state index in [4.69, 9.17) is 21.6 Å². The first-order valence-corrected chi connectivity index (χ1v) is 11.8. The lowest BCUT2D eigenvalue weighted by molar-refractivity contribution is 0.0919. The molecule has 0 spiro atoms. The normalized spacial score (nSPS) is 12.9. The second-order valence-corrected chi connectivity index (χ2v) is 8.03. The lowest BCUT2D eigenvalue weighted by atomic mass is 10.1. The zero-order valence-corrected chi connectivity index (χ0v) is 20.9. The molecule has 0 unspecified atom stereocenters. The molecule has 0 fully saturated rings. The summed E-state index contributed by atoms with van der Waals surface area (Å²) in [6.07, 6.45) is 10.5. The molecule has 0 saturated carbocycles. The molecular formula is C28H32N6O3. The first-order chi connectivity index (χ1) is 18.0. The molecule has 1 aliphatic heterocycles. The van der Waals surface area contributed by atoms with Crippen molar-refractivity contribution in [3.8, 4) is 18.1 Å². The van der Waals surface area contributed by atoms with E-state index >= 15 is 0 Å². The molecule has 0 bridgehead atoms. The van der Waals surface area contributed by atoms with Crippen LogP contribution in [0.4, 0.5) is 5.69 Å². The van der Waals surface area contributed by atoms with E-state index in [1.807, 2.05) is 54.4 Å². The van der Waals surface area contributed by atoms with Crippen molar-refractivity contribution in [1.29, 1.82) is 0 Å². The number of anilines is 1. The van der Waals surface area contributed by atoms with Crippen LogP contribution >= 0.6 is 0 Å². The number of benzene rings is 2. The summed E-state index contributed by atoms with van der Waals surface area (Å²) in [6, 6.07) is 13.2. The molecule has 1 heterocycles. The van der Waals surface area contributed by atoms with E-state index in [1.165, 1.54) is 0 Å². The quantitative estimate of drug-likeness (QED) is 0.235. The van der Waals surface area contributed by atoms with Gasteiger partial charge in [-0.05, 0) is 67.2 Å². The van der Waals surface area contributed by atoms with Gasteiger partial charge in [-0.25, -0.2) is 4.99 Å². The maximum atomic E-state index is 12.5. The number of hydrogen-bond acceptors (Lipinski definition) is 8. The third-order valence-corrected chi connectivity index (χ3v) is 5.35. The van der Waals surface area contributed by atoms with Crippen LogP contribution in [0.5, 0.6) is 5.75 Å². The average molecular weight is 501 g/mol. The van der Waals surface area contributed by atoms with Gasteiger partial charge in [0.15, 0.2) is 0 Å². The summed E-state index contributed by atoms with van der Waals surface area (Å²) in [6.45, 7) is 7.99. The van der Waals surface area contributed by atoms with Crippen molar-refractivity contribution in [2.24, 2.45) is 15.7 Å². The lowest BCUT2D eigenvalue weighted by Crippen LogP contribution is -2.31. The molecule has 2 aromatic rings. The minimum atomic E-state index is -0.146. The third-order valence-electron chi connectivity index (χ3n) is 5.35. The van der Waals surface area contributed by atoms with Gasteiger partial charge < -0.3 is 30.7 Å². The van der Waals surface area contributed by atoms with Gasteiger partial charge in [0.1, 0.15) is 18.2 Å². The fourth-order valence-electron chi connectivity index (χ4n) is 3.62. The van der Waals surface area contributed by atoms with E-state index in [-0.39, 0.29) is 12.5 Å². The van der Waals surface area contributed by atoms with Gasteiger partial charge in [0.25, 0.3) is 5.91 Å². The number of carbonyl (C=O) groups is 1. The minimum absolute atomic E-state index is 0.146. The number of rotatable bonds is 12. The maximum Gasteiger partial charge on any atom is 0.251 e. The summed E-state index contributed by atoms with van der Waals surface area (Å²) in [5.74, 6) is 3.74. The van der Waals surface area contributed by atoms with Gasteiger partial charge in [-0.15, -0.1) is 6.42 Å². The highest BCUT2D eigenvalue weighted by Gasteiger charge is 2.16. The molecule has 2 aromatic carbocycles. The zero-order chi connectivity index (χ0) is 26.5. The molecule has 0 atom stereocenters. The van der Waals surface area contributed by atoms with Gasteiger partial charge in [0.05, 0.1) is 31.7 Å². The monoisotopic (exact) mass is 500 g/mol. The summed E-state index contributed by atoms with van der Waals surface area (Å²) < 4.78 is 10.8. The first-order valence-electron chi connectivity index (χ1n) is 11.8. The van der Waals surface area contributed by atoms with E-state index in [1.54, 1.807) is 18.5 Å². The molecule has 1 amide bonds. The Bertz CT molecular complexity index is 1210. The van der Waals surface area contributed by atoms with E-state index in [0.717, 1.165) is 28.3 Å². The van der Waals surface area contributed by atoms with Crippen molar-refractivity contribution in [2.45, 2.75) is 6.92 Å². The van der Waals surface area contributed by atoms with E-state index in [9.17, 15) is 4.79 Å². The molecule has 0 radical (unpaired) electrons. The van der Waals surface area contributed by atoms with Crippen LogP contribution in [0.3, 0.4) is 0 Å². The molecule has 0 aromatic heterocycles. The van der Waals surface area contributed by atoms with Gasteiger partial charge >= 0.3 is 0 Å². The Morgan fingerprint density at radius 2 is 2.11 bits per heavy atom. The summed E-state index contributed by atoms with van der Waals surface area (Å²) in [4.78, 5) is 23.0. The molecule has 0 saturated heterocycles. The van der Waals surface area contributed by atoms with E-state index in [2.05, 4.69) is 33.3 Å². The van der Waals surface area contributed by atoms with Crippen LogP contribution in [0, 0.1) is 19.3 Å². The average Bonchev–Trinajstić information content (AvgIpc) is 2.91. The number of nitrogens with zero attached hydrogens (tertiary/aromatic N) is 3. The van der Waals surface area contributed by atoms with Crippen LogP contribution in [0.2, 0.25) is 0 Å². The Morgan fingerprint density at radius 1 is 1.30 bits per heavy atom. The predicted molar refractivity (Wildman–Crippen MR) is 149 cm³/mol. The fraction of sp³-hybridized carbons (Fsp3) is 0.250. The summed E-state index contributed by atoms with van der Waals surface area (Å²) in [5, 5.41) is 6.20. The number of amides is 1. The Morgan fingerprint density at radius 3 is 2.81 bits per heavy atom. The van der Waals surface area contributed by atoms with Gasteiger partial charge in [0, 0.05) is 36.7 Å². The number of aliphatic imine (C=N–C) groups is 2. The van der Waals surface area contributed by atoms with Gasteiger partial charge in [-0.3, -0.25) is 9.79 Å². The molecule has 3 rings (SSSR count). The molecule has 0 aliphatic carbocycles. The first kappa shape index (κ1) is 27.2. The largest absolute Gasteiger partial charge is 0.481 e. The number of nitrogens with two attached hydrogens (primary N) is 1. The van der Waals surface area contributed by atoms with Crippen molar-refractivity contribution in [3.05, 3.63) is 77.8 Å². The number of aryl methyl sites for hydroxylation is 1. The number of ether oxygens (including phenoxy) is 2. The lowest BCUT2D eigenvalue weighted by Gasteiger charge is -2.27. The minimum Gasteiger partial charge on any atom is -0.481 e. The number of terminal acetylenes is 1. The van der Waals surface area contributed by atoms with Crippen molar-refractivity contribution in [2.75, 3.05) is 44.8 Å². The smallest absolute Gasteiger partial charge is 0.251 e. The molecule has 9 nitrogen and oxygen atoms in total. The second-order valence-electron chi connectivity index (χ2n) is 8.03. The van der Waals surface area contributed by atoms with E-state index < -0.39 is 0 Å². The van der Waals surface area contributed by atoms with Gasteiger partial charge in [-0.1, -0.05) is 5.92 Å². The molecule has 4 N–H and O–H groups in total. The molecule has 192 valence electrons. The van der Waals surface area contributed by atoms with E-state index in [0.29, 0.717) is 44.2 Å². The zero-order valence-electron chi connectivity index (χ0n) is 20.9. The van der Waals surface area contributed by atoms with Gasteiger partial charge in [0.2, 0.25) is 0 Å². The maximum absolute atomic E-state index is 12.5. The number of amidine groups is 1. The molecule has 9 heteroatoms. The Hall–Kier alpha value is -4.39. The summed E-state index contributed by atoms with van der Waals surface area (Å²) >= 11 is 0. The standard InChI is InChI=1S/C28H32N6O3/c1-4-15-37-24-8-5-22(6-9-24)26(19-30-3)34-14-12-31-27(20-34)33-23-7-10-25(21(2)18-23)28(35)32-13-17-36-16-11-29/h1,5-10,12,14,18-19H,3,11,13,15-17,20,29H2,2H3,(H,31,33)(H,32,35)/b26-19-. The summed E-state index contributed by atoms with van der Waals surface area (Å²) in [7, 11) is 0. The SMILES string of the molecule is C#CCOc1ccc(/C(=C/N=C)N2C=CN=C(Nc3ccc(C(=O)NCCOCCN)c(C)c3)C2)cc1. The predicted octanol–water partition coefficient (Wildman–Crippen LogP) is 3.01. The molecule has 1 aliphatic rings. The Balaban J connectivity index is 1.63. The third kappa shape index (κ3) is 8.07. The highest BCUT2D eigenvalue weighted by molar-refractivity contribution is 6.00. The fourth-order valence-corrected chi connectivity index (χ4v) is 3.62. The van der Waals surface area contributed by atoms with Crippen LogP contribution in [0.15, 0.2) is 71.0 Å².